The average molecular weight is 327 g/mol. The first-order valence-corrected chi connectivity index (χ1v) is 6.91. The van der Waals surface area contributed by atoms with Crippen LogP contribution in [-0.4, -0.2) is 33.5 Å². The van der Waals surface area contributed by atoms with Gasteiger partial charge in [0, 0.05) is 18.9 Å². The van der Waals surface area contributed by atoms with E-state index >= 15 is 0 Å². The summed E-state index contributed by atoms with van der Waals surface area (Å²) in [4.78, 5) is 20.3. The first kappa shape index (κ1) is 13.8. The number of nitrogens with one attached hydrogen (secondary N) is 1. The van der Waals surface area contributed by atoms with Crippen LogP contribution in [0.1, 0.15) is 30.8 Å². The summed E-state index contributed by atoms with van der Waals surface area (Å²) >= 11 is 3.34. The molecule has 2 aromatic heterocycles. The number of aromatic nitrogens is 3. The number of hydrogen-bond acceptors (Lipinski definition) is 5. The van der Waals surface area contributed by atoms with Crippen molar-refractivity contribution in [3.63, 3.8) is 0 Å². The molecule has 2 heterocycles. The highest BCUT2D eigenvalue weighted by Crippen LogP contribution is 2.18. The molecule has 0 aromatic carbocycles. The van der Waals surface area contributed by atoms with Crippen molar-refractivity contribution < 1.29 is 9.53 Å². The van der Waals surface area contributed by atoms with E-state index in [2.05, 4.69) is 38.1 Å². The quantitative estimate of drug-likeness (QED) is 0.855. The van der Waals surface area contributed by atoms with Gasteiger partial charge in [0.2, 0.25) is 0 Å². The molecule has 2 rings (SSSR count). The van der Waals surface area contributed by atoms with Crippen molar-refractivity contribution in [1.82, 2.24) is 14.4 Å². The molecule has 0 radical (unpaired) electrons. The Bertz CT molecular complexity index is 597. The number of ether oxygens (including phenoxy) is 1. The van der Waals surface area contributed by atoms with Crippen molar-refractivity contribution in [1.29, 1.82) is 0 Å². The molecular weight excluding hydrogens is 312 g/mol. The molecule has 0 unspecified atom stereocenters. The van der Waals surface area contributed by atoms with Gasteiger partial charge in [-0.05, 0) is 29.3 Å². The van der Waals surface area contributed by atoms with Crippen LogP contribution in [0.25, 0.3) is 5.65 Å². The first-order chi connectivity index (χ1) is 9.15. The van der Waals surface area contributed by atoms with Gasteiger partial charge in [0.15, 0.2) is 17.2 Å². The van der Waals surface area contributed by atoms with E-state index < -0.39 is 5.97 Å². The second-order valence-electron chi connectivity index (χ2n) is 3.92. The van der Waals surface area contributed by atoms with E-state index in [1.807, 2.05) is 0 Å². The zero-order valence-electron chi connectivity index (χ0n) is 10.8. The highest BCUT2D eigenvalue weighted by molar-refractivity contribution is 9.10. The van der Waals surface area contributed by atoms with Crippen molar-refractivity contribution in [2.45, 2.75) is 20.3 Å². The molecule has 19 heavy (non-hydrogen) atoms. The number of carbonyl (C=O) groups is 1. The van der Waals surface area contributed by atoms with Gasteiger partial charge in [-0.3, -0.25) is 0 Å². The van der Waals surface area contributed by atoms with Gasteiger partial charge in [0.25, 0.3) is 0 Å². The Morgan fingerprint density at radius 1 is 1.42 bits per heavy atom. The van der Waals surface area contributed by atoms with Crippen molar-refractivity contribution in [2.75, 3.05) is 18.5 Å². The number of fused-ring (bicyclic) bond motifs is 1. The van der Waals surface area contributed by atoms with Gasteiger partial charge in [-0.15, -0.1) is 0 Å². The van der Waals surface area contributed by atoms with E-state index in [0.717, 1.165) is 13.0 Å². The van der Waals surface area contributed by atoms with E-state index in [-0.39, 0.29) is 5.69 Å². The van der Waals surface area contributed by atoms with Gasteiger partial charge < -0.3 is 14.5 Å². The summed E-state index contributed by atoms with van der Waals surface area (Å²) in [7, 11) is 0. The first-order valence-electron chi connectivity index (χ1n) is 6.12. The summed E-state index contributed by atoms with van der Waals surface area (Å²) in [5.74, 6) is 0.218. The molecule has 0 fully saturated rings. The van der Waals surface area contributed by atoms with Crippen LogP contribution in [0.15, 0.2) is 17.0 Å². The minimum atomic E-state index is -0.427. The molecule has 0 saturated carbocycles. The summed E-state index contributed by atoms with van der Waals surface area (Å²) in [6.45, 7) is 4.95. The number of halogens is 1. The standard InChI is InChI=1S/C12H15BrN4O2/c1-3-5-14-10-11-15-8(12(18)19-4-2)6-17(11)7-9(13)16-10/h6-7H,3-5H2,1-2H3,(H,14,16). The summed E-state index contributed by atoms with van der Waals surface area (Å²) in [5, 5.41) is 3.19. The number of nitrogens with zero attached hydrogens (tertiary/aromatic N) is 3. The zero-order valence-corrected chi connectivity index (χ0v) is 12.4. The lowest BCUT2D eigenvalue weighted by Crippen LogP contribution is -2.05. The maximum absolute atomic E-state index is 11.7. The monoisotopic (exact) mass is 326 g/mol. The fourth-order valence-electron chi connectivity index (χ4n) is 1.63. The minimum Gasteiger partial charge on any atom is -0.461 e. The molecule has 0 aliphatic rings. The van der Waals surface area contributed by atoms with Crippen LogP contribution in [0.5, 0.6) is 0 Å². The third kappa shape index (κ3) is 3.04. The largest absolute Gasteiger partial charge is 0.461 e. The third-order valence-corrected chi connectivity index (χ3v) is 2.82. The molecule has 1 N–H and O–H groups in total. The van der Waals surface area contributed by atoms with Crippen LogP contribution in [0.4, 0.5) is 5.82 Å². The SMILES string of the molecule is CCCNc1nc(Br)cn2cc(C(=O)OCC)nc12. The van der Waals surface area contributed by atoms with Crippen molar-refractivity contribution in [3.05, 3.63) is 22.7 Å². The van der Waals surface area contributed by atoms with Crippen LogP contribution < -0.4 is 5.32 Å². The number of imidazole rings is 1. The summed E-state index contributed by atoms with van der Waals surface area (Å²) in [5.41, 5.74) is 0.890. The predicted octanol–water partition coefficient (Wildman–Crippen LogP) is 2.49. The van der Waals surface area contributed by atoms with E-state index in [1.54, 1.807) is 23.7 Å². The summed E-state index contributed by atoms with van der Waals surface area (Å²) in [6, 6.07) is 0. The van der Waals surface area contributed by atoms with Crippen LogP contribution in [0.2, 0.25) is 0 Å². The van der Waals surface area contributed by atoms with E-state index in [0.29, 0.717) is 22.7 Å². The molecule has 0 atom stereocenters. The second-order valence-corrected chi connectivity index (χ2v) is 4.73. The van der Waals surface area contributed by atoms with Crippen LogP contribution >= 0.6 is 15.9 Å². The zero-order chi connectivity index (χ0) is 13.8. The van der Waals surface area contributed by atoms with Gasteiger partial charge in [0.05, 0.1) is 6.61 Å². The number of anilines is 1. The fraction of sp³-hybridized carbons (Fsp3) is 0.417. The van der Waals surface area contributed by atoms with Gasteiger partial charge in [-0.1, -0.05) is 6.92 Å². The second kappa shape index (κ2) is 6.01. The summed E-state index contributed by atoms with van der Waals surface area (Å²) in [6.07, 6.45) is 4.37. The number of esters is 1. The van der Waals surface area contributed by atoms with Gasteiger partial charge in [-0.2, -0.15) is 0 Å². The van der Waals surface area contributed by atoms with E-state index in [1.165, 1.54) is 0 Å². The summed E-state index contributed by atoms with van der Waals surface area (Å²) < 4.78 is 7.37. The molecule has 7 heteroatoms. The van der Waals surface area contributed by atoms with Crippen LogP contribution in [0, 0.1) is 0 Å². The Hall–Kier alpha value is -1.63. The molecule has 0 bridgehead atoms. The van der Waals surface area contributed by atoms with Crippen molar-refractivity contribution >= 4 is 33.4 Å². The lowest BCUT2D eigenvalue weighted by molar-refractivity contribution is 0.0520. The molecule has 0 spiro atoms. The third-order valence-electron chi connectivity index (χ3n) is 2.44. The van der Waals surface area contributed by atoms with Crippen LogP contribution in [-0.2, 0) is 4.74 Å². The molecule has 102 valence electrons. The van der Waals surface area contributed by atoms with Crippen molar-refractivity contribution in [2.24, 2.45) is 0 Å². The van der Waals surface area contributed by atoms with E-state index in [9.17, 15) is 4.79 Å². The highest BCUT2D eigenvalue weighted by Gasteiger charge is 2.15. The van der Waals surface area contributed by atoms with E-state index in [4.69, 9.17) is 4.74 Å². The Morgan fingerprint density at radius 3 is 2.89 bits per heavy atom. The van der Waals surface area contributed by atoms with Crippen LogP contribution in [0.3, 0.4) is 0 Å². The maximum atomic E-state index is 11.7. The molecule has 6 nitrogen and oxygen atoms in total. The molecule has 0 saturated heterocycles. The fourth-order valence-corrected chi connectivity index (χ4v) is 2.03. The van der Waals surface area contributed by atoms with Gasteiger partial charge in [-0.25, -0.2) is 14.8 Å². The normalized spacial score (nSPS) is 10.7. The topological polar surface area (TPSA) is 68.5 Å². The maximum Gasteiger partial charge on any atom is 0.358 e. The Morgan fingerprint density at radius 2 is 2.21 bits per heavy atom. The molecule has 0 amide bonds. The van der Waals surface area contributed by atoms with Gasteiger partial charge >= 0.3 is 5.97 Å². The Kier molecular flexibility index (Phi) is 4.36. The number of hydrogen-bond donors (Lipinski definition) is 1. The predicted molar refractivity (Wildman–Crippen MR) is 75.4 cm³/mol. The number of rotatable bonds is 5. The Balaban J connectivity index is 2.42. The molecule has 0 aliphatic carbocycles. The number of carbonyl (C=O) groups excluding carboxylic acids is 1. The highest BCUT2D eigenvalue weighted by atomic mass is 79.9. The minimum absolute atomic E-state index is 0.279. The average Bonchev–Trinajstić information content (AvgIpc) is 2.80. The molecule has 0 aliphatic heterocycles. The molecular formula is C12H15BrN4O2. The lowest BCUT2D eigenvalue weighted by Gasteiger charge is -2.05. The molecule has 2 aromatic rings. The lowest BCUT2D eigenvalue weighted by atomic mass is 10.4. The Labute approximate surface area is 119 Å². The van der Waals surface area contributed by atoms with Crippen molar-refractivity contribution in [3.8, 4) is 0 Å². The smallest absolute Gasteiger partial charge is 0.358 e. The van der Waals surface area contributed by atoms with Gasteiger partial charge in [0.1, 0.15) is 4.60 Å².